The Kier molecular flexibility index (Phi) is 3.96. The Morgan fingerprint density at radius 1 is 1.48 bits per heavy atom. The lowest BCUT2D eigenvalue weighted by molar-refractivity contribution is 0.552. The second-order valence-electron chi connectivity index (χ2n) is 5.07. The number of rotatable bonds is 7. The summed E-state index contributed by atoms with van der Waals surface area (Å²) >= 11 is 1.26. The topological polar surface area (TPSA) is 88.9 Å². The lowest BCUT2D eigenvalue weighted by atomic mass is 10.6. The van der Waals surface area contributed by atoms with E-state index in [0.717, 1.165) is 12.2 Å². The van der Waals surface area contributed by atoms with E-state index in [4.69, 9.17) is 0 Å². The smallest absolute Gasteiger partial charge is 0.266 e. The first-order chi connectivity index (χ1) is 10.0. The number of hydrogen-bond acceptors (Lipinski definition) is 6. The van der Waals surface area contributed by atoms with Gasteiger partial charge in [0.1, 0.15) is 4.90 Å². The second-order valence-corrected chi connectivity index (χ2v) is 7.61. The van der Waals surface area contributed by atoms with Crippen molar-refractivity contribution in [3.05, 3.63) is 23.5 Å². The van der Waals surface area contributed by atoms with Crippen LogP contribution in [0.25, 0.3) is 0 Å². The molecule has 0 amide bonds. The van der Waals surface area contributed by atoms with E-state index in [2.05, 4.69) is 20.1 Å². The Labute approximate surface area is 127 Å². The molecule has 9 heteroatoms. The summed E-state index contributed by atoms with van der Waals surface area (Å²) in [6.45, 7) is 3.27. The summed E-state index contributed by atoms with van der Waals surface area (Å²) in [5.41, 5.74) is 0.791. The molecule has 1 aliphatic carbocycles. The maximum Gasteiger partial charge on any atom is 0.266 e. The van der Waals surface area contributed by atoms with Crippen LogP contribution in [0.1, 0.15) is 18.5 Å². The Balaban J connectivity index is 1.62. The molecule has 2 heterocycles. The molecule has 1 fully saturated rings. The van der Waals surface area contributed by atoms with Gasteiger partial charge in [0.05, 0.1) is 18.4 Å². The number of nitrogens with one attached hydrogen (secondary N) is 2. The van der Waals surface area contributed by atoms with Gasteiger partial charge in [-0.3, -0.25) is 9.40 Å². The molecule has 1 aliphatic rings. The van der Waals surface area contributed by atoms with Gasteiger partial charge in [-0.15, -0.1) is 11.3 Å². The number of aryl methyl sites for hydroxylation is 1. The number of hydrogen-bond donors (Lipinski definition) is 2. The zero-order chi connectivity index (χ0) is 14.9. The van der Waals surface area contributed by atoms with E-state index in [1.54, 1.807) is 10.1 Å². The SMILES string of the molecule is Cc1csc(NS(=O)(=O)c2cnn(CCNC3CC3)c2)n1. The Hall–Kier alpha value is -1.45. The molecule has 3 rings (SSSR count). The van der Waals surface area contributed by atoms with Crippen molar-refractivity contribution in [2.24, 2.45) is 0 Å². The average Bonchev–Trinajstić information content (AvgIpc) is 2.94. The van der Waals surface area contributed by atoms with Crippen molar-refractivity contribution in [1.29, 1.82) is 0 Å². The van der Waals surface area contributed by atoms with Crippen LogP contribution >= 0.6 is 11.3 Å². The first-order valence-corrected chi connectivity index (χ1v) is 9.10. The molecule has 0 aliphatic heterocycles. The third kappa shape index (κ3) is 3.80. The lowest BCUT2D eigenvalue weighted by Gasteiger charge is -2.03. The Morgan fingerprint density at radius 2 is 2.29 bits per heavy atom. The highest BCUT2D eigenvalue weighted by molar-refractivity contribution is 7.93. The van der Waals surface area contributed by atoms with Crippen LogP contribution in [0.5, 0.6) is 0 Å². The summed E-state index contributed by atoms with van der Waals surface area (Å²) in [6, 6.07) is 0.638. The van der Waals surface area contributed by atoms with Crippen molar-refractivity contribution in [2.45, 2.75) is 37.2 Å². The van der Waals surface area contributed by atoms with Crippen molar-refractivity contribution in [1.82, 2.24) is 20.1 Å². The van der Waals surface area contributed by atoms with Gasteiger partial charge in [-0.05, 0) is 19.8 Å². The fourth-order valence-corrected chi connectivity index (χ4v) is 3.74. The summed E-state index contributed by atoms with van der Waals surface area (Å²) in [4.78, 5) is 4.25. The molecule has 2 N–H and O–H groups in total. The van der Waals surface area contributed by atoms with Crippen LogP contribution < -0.4 is 10.0 Å². The molecule has 0 unspecified atom stereocenters. The van der Waals surface area contributed by atoms with Gasteiger partial charge in [0.2, 0.25) is 0 Å². The number of aromatic nitrogens is 3. The summed E-state index contributed by atoms with van der Waals surface area (Å²) in [6.07, 6.45) is 5.36. The van der Waals surface area contributed by atoms with E-state index in [9.17, 15) is 8.42 Å². The molecular weight excluding hydrogens is 310 g/mol. The van der Waals surface area contributed by atoms with E-state index in [1.165, 1.54) is 36.6 Å². The minimum atomic E-state index is -3.61. The highest BCUT2D eigenvalue weighted by atomic mass is 32.2. The van der Waals surface area contributed by atoms with E-state index < -0.39 is 10.0 Å². The van der Waals surface area contributed by atoms with Crippen molar-refractivity contribution >= 4 is 26.5 Å². The summed E-state index contributed by atoms with van der Waals surface area (Å²) in [5, 5.41) is 9.62. The molecule has 0 radical (unpaired) electrons. The summed E-state index contributed by atoms with van der Waals surface area (Å²) in [7, 11) is -3.61. The third-order valence-corrected chi connectivity index (χ3v) is 5.41. The molecule has 21 heavy (non-hydrogen) atoms. The third-order valence-electron chi connectivity index (χ3n) is 3.11. The highest BCUT2D eigenvalue weighted by Gasteiger charge is 2.20. The molecular formula is C12H17N5O2S2. The van der Waals surface area contributed by atoms with Gasteiger partial charge in [-0.1, -0.05) is 0 Å². The fourth-order valence-electron chi connectivity index (χ4n) is 1.85. The monoisotopic (exact) mass is 327 g/mol. The zero-order valence-corrected chi connectivity index (χ0v) is 13.2. The molecule has 7 nitrogen and oxygen atoms in total. The van der Waals surface area contributed by atoms with Gasteiger partial charge >= 0.3 is 0 Å². The van der Waals surface area contributed by atoms with Gasteiger partial charge < -0.3 is 5.32 Å². The van der Waals surface area contributed by atoms with Gasteiger partial charge in [0, 0.05) is 24.2 Å². The highest BCUT2D eigenvalue weighted by Crippen LogP contribution is 2.20. The van der Waals surface area contributed by atoms with Crippen LogP contribution in [0, 0.1) is 6.92 Å². The fraction of sp³-hybridized carbons (Fsp3) is 0.500. The van der Waals surface area contributed by atoms with Crippen LogP contribution in [0.3, 0.4) is 0 Å². The molecule has 0 aromatic carbocycles. The average molecular weight is 327 g/mol. The van der Waals surface area contributed by atoms with Gasteiger partial charge in [0.25, 0.3) is 10.0 Å². The molecule has 2 aromatic rings. The molecule has 0 atom stereocenters. The largest absolute Gasteiger partial charge is 0.312 e. The molecule has 0 spiro atoms. The minimum absolute atomic E-state index is 0.154. The van der Waals surface area contributed by atoms with Gasteiger partial charge in [-0.25, -0.2) is 13.4 Å². The predicted molar refractivity (Wildman–Crippen MR) is 80.9 cm³/mol. The molecule has 1 saturated carbocycles. The summed E-state index contributed by atoms with van der Waals surface area (Å²) in [5.74, 6) is 0. The minimum Gasteiger partial charge on any atom is -0.312 e. The standard InChI is InChI=1S/C12H17N5O2S2/c1-9-8-20-12(15-9)16-21(18,19)11-6-14-17(7-11)5-4-13-10-2-3-10/h6-8,10,13H,2-5H2,1H3,(H,15,16). The van der Waals surface area contributed by atoms with Crippen LogP contribution in [-0.2, 0) is 16.6 Å². The normalized spacial score (nSPS) is 15.3. The van der Waals surface area contributed by atoms with Crippen molar-refractivity contribution < 1.29 is 8.42 Å². The number of nitrogens with zero attached hydrogens (tertiary/aromatic N) is 3. The van der Waals surface area contributed by atoms with Crippen molar-refractivity contribution in [3.63, 3.8) is 0 Å². The Bertz CT molecular complexity index is 718. The van der Waals surface area contributed by atoms with E-state index in [-0.39, 0.29) is 4.90 Å². The van der Waals surface area contributed by atoms with Crippen LogP contribution in [-0.4, -0.2) is 35.8 Å². The lowest BCUT2D eigenvalue weighted by Crippen LogP contribution is -2.22. The van der Waals surface area contributed by atoms with Crippen LogP contribution in [0.4, 0.5) is 5.13 Å². The Morgan fingerprint density at radius 3 is 2.95 bits per heavy atom. The van der Waals surface area contributed by atoms with E-state index in [0.29, 0.717) is 17.7 Å². The molecule has 0 bridgehead atoms. The first kappa shape index (κ1) is 14.5. The number of sulfonamides is 1. The number of thiazole rings is 1. The predicted octanol–water partition coefficient (Wildman–Crippen LogP) is 1.20. The quantitative estimate of drug-likeness (QED) is 0.798. The molecule has 0 saturated heterocycles. The second kappa shape index (κ2) is 5.74. The molecule has 2 aromatic heterocycles. The van der Waals surface area contributed by atoms with Crippen molar-refractivity contribution in [2.75, 3.05) is 11.3 Å². The van der Waals surface area contributed by atoms with Crippen LogP contribution in [0.15, 0.2) is 22.7 Å². The maximum atomic E-state index is 12.2. The van der Waals surface area contributed by atoms with Crippen molar-refractivity contribution in [3.8, 4) is 0 Å². The molecule has 114 valence electrons. The van der Waals surface area contributed by atoms with Gasteiger partial charge in [0.15, 0.2) is 5.13 Å². The summed E-state index contributed by atoms with van der Waals surface area (Å²) < 4.78 is 28.5. The van der Waals surface area contributed by atoms with E-state index >= 15 is 0 Å². The van der Waals surface area contributed by atoms with Crippen LogP contribution in [0.2, 0.25) is 0 Å². The van der Waals surface area contributed by atoms with E-state index in [1.807, 2.05) is 6.92 Å². The van der Waals surface area contributed by atoms with Gasteiger partial charge in [-0.2, -0.15) is 5.10 Å². The zero-order valence-electron chi connectivity index (χ0n) is 11.6. The maximum absolute atomic E-state index is 12.2. The number of anilines is 1. The first-order valence-electron chi connectivity index (χ1n) is 6.74.